The molecule has 0 aliphatic rings. The average molecular weight is 187 g/mol. The van der Waals surface area contributed by atoms with Gasteiger partial charge >= 0.3 is 0 Å². The first kappa shape index (κ1) is 9.36. The first-order valence-electron chi connectivity index (χ1n) is 3.66. The number of hydrogen-bond donors (Lipinski definition) is 1. The molecule has 12 heavy (non-hydrogen) atoms. The van der Waals surface area contributed by atoms with Gasteiger partial charge in [-0.05, 0) is 17.7 Å². The molecule has 1 N–H and O–H groups in total. The van der Waals surface area contributed by atoms with Gasteiger partial charge < -0.3 is 9.84 Å². The zero-order valence-corrected chi connectivity index (χ0v) is 7.58. The average Bonchev–Trinajstić information content (AvgIpc) is 2.17. The number of ether oxygens (including phenoxy) is 1. The van der Waals surface area contributed by atoms with Crippen molar-refractivity contribution < 1.29 is 9.84 Å². The Kier molecular flexibility index (Phi) is 3.38. The molecule has 0 saturated carbocycles. The van der Waals surface area contributed by atoms with Crippen LogP contribution in [0.15, 0.2) is 24.3 Å². The summed E-state index contributed by atoms with van der Waals surface area (Å²) in [4.78, 5) is 0. The second-order valence-electron chi connectivity index (χ2n) is 2.44. The molecule has 0 aliphatic carbocycles. The Bertz CT molecular complexity index is 233. The smallest absolute Gasteiger partial charge is 0.118 e. The van der Waals surface area contributed by atoms with Crippen LogP contribution in [0.2, 0.25) is 0 Å². The van der Waals surface area contributed by atoms with Crippen LogP contribution >= 0.6 is 11.6 Å². The Morgan fingerprint density at radius 2 is 2.00 bits per heavy atom. The SMILES string of the molecule is COc1ccc([C@H](O)CCl)cc1. The standard InChI is InChI=1S/C9H11ClO2/c1-12-8-4-2-7(3-5-8)9(11)6-10/h2-5,9,11H,6H2,1H3/t9-/m1/s1. The van der Waals surface area contributed by atoms with Crippen LogP contribution in [-0.4, -0.2) is 18.1 Å². The van der Waals surface area contributed by atoms with Gasteiger partial charge in [0.2, 0.25) is 0 Å². The predicted molar refractivity (Wildman–Crippen MR) is 48.7 cm³/mol. The Balaban J connectivity index is 2.77. The molecule has 0 bridgehead atoms. The van der Waals surface area contributed by atoms with Crippen molar-refractivity contribution in [3.05, 3.63) is 29.8 Å². The van der Waals surface area contributed by atoms with Gasteiger partial charge in [-0.15, -0.1) is 11.6 Å². The fourth-order valence-corrected chi connectivity index (χ4v) is 1.09. The monoisotopic (exact) mass is 186 g/mol. The number of alkyl halides is 1. The maximum absolute atomic E-state index is 9.32. The van der Waals surface area contributed by atoms with E-state index in [9.17, 15) is 5.11 Å². The van der Waals surface area contributed by atoms with Crippen LogP contribution in [0.25, 0.3) is 0 Å². The van der Waals surface area contributed by atoms with Crippen molar-refractivity contribution >= 4 is 11.6 Å². The number of rotatable bonds is 3. The highest BCUT2D eigenvalue weighted by molar-refractivity contribution is 6.18. The van der Waals surface area contributed by atoms with E-state index < -0.39 is 6.10 Å². The van der Waals surface area contributed by atoms with Crippen LogP contribution < -0.4 is 4.74 Å². The summed E-state index contributed by atoms with van der Waals surface area (Å²) >= 11 is 5.48. The minimum atomic E-state index is -0.586. The van der Waals surface area contributed by atoms with Crippen molar-refractivity contribution in [2.24, 2.45) is 0 Å². The largest absolute Gasteiger partial charge is 0.497 e. The minimum absolute atomic E-state index is 0.215. The summed E-state index contributed by atoms with van der Waals surface area (Å²) in [6.45, 7) is 0. The molecule has 66 valence electrons. The molecule has 1 atom stereocenters. The summed E-state index contributed by atoms with van der Waals surface area (Å²) in [5.41, 5.74) is 0.811. The Morgan fingerprint density at radius 3 is 2.42 bits per heavy atom. The van der Waals surface area contributed by atoms with Crippen LogP contribution in [0.1, 0.15) is 11.7 Å². The van der Waals surface area contributed by atoms with E-state index in [0.29, 0.717) is 0 Å². The zero-order valence-electron chi connectivity index (χ0n) is 6.83. The van der Waals surface area contributed by atoms with Crippen molar-refractivity contribution in [1.29, 1.82) is 0 Å². The summed E-state index contributed by atoms with van der Waals surface area (Å²) in [6.07, 6.45) is -0.586. The van der Waals surface area contributed by atoms with Crippen LogP contribution in [0, 0.1) is 0 Å². The molecule has 0 radical (unpaired) electrons. The first-order chi connectivity index (χ1) is 5.77. The third kappa shape index (κ3) is 2.13. The number of methoxy groups -OCH3 is 1. The van der Waals surface area contributed by atoms with E-state index in [0.717, 1.165) is 11.3 Å². The van der Waals surface area contributed by atoms with Crippen molar-refractivity contribution in [2.75, 3.05) is 13.0 Å². The summed E-state index contributed by atoms with van der Waals surface area (Å²) in [5.74, 6) is 0.993. The minimum Gasteiger partial charge on any atom is -0.497 e. The van der Waals surface area contributed by atoms with Gasteiger partial charge in [0.25, 0.3) is 0 Å². The number of aliphatic hydroxyl groups is 1. The molecular weight excluding hydrogens is 176 g/mol. The molecule has 0 unspecified atom stereocenters. The molecule has 1 aromatic carbocycles. The summed E-state index contributed by atoms with van der Waals surface area (Å²) in [6, 6.07) is 7.19. The van der Waals surface area contributed by atoms with E-state index >= 15 is 0 Å². The maximum atomic E-state index is 9.32. The lowest BCUT2D eigenvalue weighted by atomic mass is 10.1. The van der Waals surface area contributed by atoms with Crippen molar-refractivity contribution in [1.82, 2.24) is 0 Å². The third-order valence-corrected chi connectivity index (χ3v) is 1.94. The number of aliphatic hydroxyl groups excluding tert-OH is 1. The quantitative estimate of drug-likeness (QED) is 0.732. The highest BCUT2D eigenvalue weighted by atomic mass is 35.5. The van der Waals surface area contributed by atoms with Gasteiger partial charge in [0.1, 0.15) is 5.75 Å². The molecule has 0 heterocycles. The molecule has 0 aromatic heterocycles. The van der Waals surface area contributed by atoms with E-state index in [4.69, 9.17) is 16.3 Å². The molecule has 0 fully saturated rings. The molecule has 0 aliphatic heterocycles. The first-order valence-corrected chi connectivity index (χ1v) is 4.19. The zero-order chi connectivity index (χ0) is 8.97. The fraction of sp³-hybridized carbons (Fsp3) is 0.333. The maximum Gasteiger partial charge on any atom is 0.118 e. The van der Waals surface area contributed by atoms with E-state index in [2.05, 4.69) is 0 Å². The number of halogens is 1. The Labute approximate surface area is 76.7 Å². The van der Waals surface area contributed by atoms with Gasteiger partial charge in [0.15, 0.2) is 0 Å². The highest BCUT2D eigenvalue weighted by Crippen LogP contribution is 2.17. The molecule has 1 aromatic rings. The van der Waals surface area contributed by atoms with Gasteiger partial charge in [0, 0.05) is 0 Å². The normalized spacial score (nSPS) is 12.6. The van der Waals surface area contributed by atoms with E-state index in [1.807, 2.05) is 0 Å². The summed E-state index contributed by atoms with van der Waals surface area (Å²) in [7, 11) is 1.60. The highest BCUT2D eigenvalue weighted by Gasteiger charge is 2.04. The lowest BCUT2D eigenvalue weighted by Crippen LogP contribution is -1.97. The summed E-state index contributed by atoms with van der Waals surface area (Å²) in [5, 5.41) is 9.32. The van der Waals surface area contributed by atoms with E-state index in [-0.39, 0.29) is 5.88 Å². The number of benzene rings is 1. The molecule has 1 rings (SSSR count). The molecular formula is C9H11ClO2. The van der Waals surface area contributed by atoms with Gasteiger partial charge in [-0.3, -0.25) is 0 Å². The van der Waals surface area contributed by atoms with Gasteiger partial charge in [-0.2, -0.15) is 0 Å². The second-order valence-corrected chi connectivity index (χ2v) is 2.75. The molecule has 3 heteroatoms. The molecule has 0 spiro atoms. The third-order valence-electron chi connectivity index (χ3n) is 1.65. The summed E-state index contributed by atoms with van der Waals surface area (Å²) < 4.78 is 4.97. The predicted octanol–water partition coefficient (Wildman–Crippen LogP) is 1.97. The molecule has 0 amide bonds. The van der Waals surface area contributed by atoms with Crippen molar-refractivity contribution in [3.63, 3.8) is 0 Å². The second kappa shape index (κ2) is 4.33. The topological polar surface area (TPSA) is 29.5 Å². The van der Waals surface area contributed by atoms with Gasteiger partial charge in [-0.25, -0.2) is 0 Å². The lowest BCUT2D eigenvalue weighted by Gasteiger charge is -2.07. The molecule has 2 nitrogen and oxygen atoms in total. The fourth-order valence-electron chi connectivity index (χ4n) is 0.915. The molecule has 0 saturated heterocycles. The van der Waals surface area contributed by atoms with Crippen molar-refractivity contribution in [3.8, 4) is 5.75 Å². The van der Waals surface area contributed by atoms with Crippen LogP contribution in [0.3, 0.4) is 0 Å². The van der Waals surface area contributed by atoms with Crippen molar-refractivity contribution in [2.45, 2.75) is 6.10 Å². The van der Waals surface area contributed by atoms with Gasteiger partial charge in [-0.1, -0.05) is 12.1 Å². The van der Waals surface area contributed by atoms with E-state index in [1.54, 1.807) is 31.4 Å². The Morgan fingerprint density at radius 1 is 1.42 bits per heavy atom. The Hall–Kier alpha value is -0.730. The van der Waals surface area contributed by atoms with Crippen LogP contribution in [-0.2, 0) is 0 Å². The van der Waals surface area contributed by atoms with Crippen LogP contribution in [0.4, 0.5) is 0 Å². The van der Waals surface area contributed by atoms with Crippen LogP contribution in [0.5, 0.6) is 5.75 Å². The number of hydrogen-bond acceptors (Lipinski definition) is 2. The van der Waals surface area contributed by atoms with E-state index in [1.165, 1.54) is 0 Å². The van der Waals surface area contributed by atoms with Gasteiger partial charge in [0.05, 0.1) is 19.1 Å². The lowest BCUT2D eigenvalue weighted by molar-refractivity contribution is 0.202.